The number of halogens is 1. The van der Waals surface area contributed by atoms with Crippen molar-refractivity contribution in [3.8, 4) is 0 Å². The van der Waals surface area contributed by atoms with E-state index in [4.69, 9.17) is 11.6 Å². The van der Waals surface area contributed by atoms with Crippen molar-refractivity contribution in [1.82, 2.24) is 14.3 Å². The molecule has 4 heterocycles. The predicted molar refractivity (Wildman–Crippen MR) is 97.2 cm³/mol. The summed E-state index contributed by atoms with van der Waals surface area (Å²) in [7, 11) is 0. The van der Waals surface area contributed by atoms with Crippen molar-refractivity contribution in [2.45, 2.75) is 18.9 Å². The molecule has 1 unspecified atom stereocenters. The van der Waals surface area contributed by atoms with Crippen LogP contribution < -0.4 is 0 Å². The summed E-state index contributed by atoms with van der Waals surface area (Å²) in [6, 6.07) is 10.0. The zero-order valence-electron chi connectivity index (χ0n) is 12.9. The van der Waals surface area contributed by atoms with E-state index in [1.165, 1.54) is 4.88 Å². The minimum absolute atomic E-state index is 0.0212. The second kappa shape index (κ2) is 6.42. The van der Waals surface area contributed by atoms with Crippen molar-refractivity contribution >= 4 is 40.6 Å². The smallest absolute Gasteiger partial charge is 0.247 e. The van der Waals surface area contributed by atoms with Gasteiger partial charge >= 0.3 is 0 Å². The Bertz CT molecular complexity index is 900. The molecule has 0 saturated carbocycles. The molecule has 0 aromatic carbocycles. The summed E-state index contributed by atoms with van der Waals surface area (Å²) in [5, 5.41) is 2.46. The molecule has 0 N–H and O–H groups in total. The summed E-state index contributed by atoms with van der Waals surface area (Å²) in [6.45, 7) is 0.798. The summed E-state index contributed by atoms with van der Waals surface area (Å²) in [6.07, 6.45) is 7.32. The lowest BCUT2D eigenvalue weighted by atomic mass is 10.2. The molecule has 1 atom stereocenters. The molecule has 1 aliphatic heterocycles. The molecule has 1 amide bonds. The van der Waals surface area contributed by atoms with Crippen molar-refractivity contribution in [2.75, 3.05) is 6.54 Å². The van der Waals surface area contributed by atoms with Gasteiger partial charge in [-0.1, -0.05) is 23.7 Å². The highest BCUT2D eigenvalue weighted by atomic mass is 35.5. The summed E-state index contributed by atoms with van der Waals surface area (Å²) in [5.74, 6) is 0.0212. The maximum atomic E-state index is 12.7. The van der Waals surface area contributed by atoms with Crippen molar-refractivity contribution in [3.05, 3.63) is 63.7 Å². The molecular formula is C18H16ClN3OS. The minimum Gasteiger partial charge on any atom is -0.331 e. The molecule has 0 radical (unpaired) electrons. The standard InChI is InChI=1S/C18H16ClN3OS/c19-18-14(21-10-2-1-7-16(21)20-18)8-9-17(23)22-11-3-5-13(22)15-6-4-12-24-15/h1-2,4,6-10,12-13H,3,5,11H2/b9-8+. The lowest BCUT2D eigenvalue weighted by molar-refractivity contribution is -0.126. The number of fused-ring (bicyclic) bond motifs is 1. The molecule has 1 saturated heterocycles. The van der Waals surface area contributed by atoms with Crippen LogP contribution in [0.25, 0.3) is 11.7 Å². The van der Waals surface area contributed by atoms with E-state index < -0.39 is 0 Å². The third kappa shape index (κ3) is 2.74. The summed E-state index contributed by atoms with van der Waals surface area (Å²) in [5.41, 5.74) is 1.50. The van der Waals surface area contributed by atoms with Crippen LogP contribution in [0.15, 0.2) is 48.0 Å². The minimum atomic E-state index is 0.0212. The maximum Gasteiger partial charge on any atom is 0.247 e. The first-order chi connectivity index (χ1) is 11.7. The SMILES string of the molecule is O=C(/C=C/c1c(Cl)nc2ccccn12)N1CCCC1c1cccs1. The van der Waals surface area contributed by atoms with Crippen LogP contribution in [0.5, 0.6) is 0 Å². The van der Waals surface area contributed by atoms with Gasteiger partial charge in [-0.05, 0) is 42.5 Å². The number of pyridine rings is 1. The molecule has 0 bridgehead atoms. The molecule has 3 aromatic heterocycles. The quantitative estimate of drug-likeness (QED) is 0.650. The number of hydrogen-bond donors (Lipinski definition) is 0. The Kier molecular flexibility index (Phi) is 4.12. The molecular weight excluding hydrogens is 342 g/mol. The molecule has 24 heavy (non-hydrogen) atoms. The third-order valence-corrected chi connectivity index (χ3v) is 5.56. The highest BCUT2D eigenvalue weighted by Gasteiger charge is 2.29. The van der Waals surface area contributed by atoms with Crippen LogP contribution in [0.1, 0.15) is 29.5 Å². The van der Waals surface area contributed by atoms with Gasteiger partial charge in [-0.2, -0.15) is 0 Å². The van der Waals surface area contributed by atoms with Crippen LogP contribution >= 0.6 is 22.9 Å². The van der Waals surface area contributed by atoms with Gasteiger partial charge in [-0.15, -0.1) is 11.3 Å². The number of likely N-dealkylation sites (tertiary alicyclic amines) is 1. The lowest BCUT2D eigenvalue weighted by Gasteiger charge is -2.22. The van der Waals surface area contributed by atoms with Crippen molar-refractivity contribution in [1.29, 1.82) is 0 Å². The van der Waals surface area contributed by atoms with Crippen LogP contribution in [0, 0.1) is 0 Å². The average Bonchev–Trinajstić information content (AvgIpc) is 3.31. The number of carbonyl (C=O) groups excluding carboxylic acids is 1. The maximum absolute atomic E-state index is 12.7. The molecule has 4 rings (SSSR count). The first-order valence-electron chi connectivity index (χ1n) is 7.89. The second-order valence-electron chi connectivity index (χ2n) is 5.76. The van der Waals surface area contributed by atoms with Crippen molar-refractivity contribution in [2.24, 2.45) is 0 Å². The Labute approximate surface area is 149 Å². The van der Waals surface area contributed by atoms with E-state index in [1.54, 1.807) is 23.5 Å². The average molecular weight is 358 g/mol. The predicted octanol–water partition coefficient (Wildman–Crippen LogP) is 4.43. The molecule has 6 heteroatoms. The second-order valence-corrected chi connectivity index (χ2v) is 7.09. The largest absolute Gasteiger partial charge is 0.331 e. The Morgan fingerprint density at radius 1 is 1.33 bits per heavy atom. The van der Waals surface area contributed by atoms with Gasteiger partial charge in [0.05, 0.1) is 11.7 Å². The Balaban J connectivity index is 1.59. The van der Waals surface area contributed by atoms with Crippen LogP contribution in [0.4, 0.5) is 0 Å². The van der Waals surface area contributed by atoms with Crippen LogP contribution in [0.3, 0.4) is 0 Å². The highest BCUT2D eigenvalue weighted by molar-refractivity contribution is 7.10. The number of carbonyl (C=O) groups is 1. The number of rotatable bonds is 3. The van der Waals surface area contributed by atoms with Gasteiger partial charge in [0.1, 0.15) is 5.65 Å². The van der Waals surface area contributed by atoms with Gasteiger partial charge in [0.25, 0.3) is 0 Å². The van der Waals surface area contributed by atoms with Crippen molar-refractivity contribution < 1.29 is 4.79 Å². The molecule has 122 valence electrons. The highest BCUT2D eigenvalue weighted by Crippen LogP contribution is 2.34. The normalized spacial score (nSPS) is 18.0. The van der Waals surface area contributed by atoms with Crippen LogP contribution in [-0.2, 0) is 4.79 Å². The van der Waals surface area contributed by atoms with Crippen molar-refractivity contribution in [3.63, 3.8) is 0 Å². The molecule has 4 nitrogen and oxygen atoms in total. The van der Waals surface area contributed by atoms with Crippen LogP contribution in [0.2, 0.25) is 5.15 Å². The summed E-state index contributed by atoms with van der Waals surface area (Å²) < 4.78 is 1.88. The van der Waals surface area contributed by atoms with Gasteiger partial charge in [0.15, 0.2) is 5.15 Å². The number of amides is 1. The van der Waals surface area contributed by atoms with E-state index in [0.29, 0.717) is 5.15 Å². The number of aromatic nitrogens is 2. The molecule has 3 aromatic rings. The monoisotopic (exact) mass is 357 g/mol. The lowest BCUT2D eigenvalue weighted by Crippen LogP contribution is -2.28. The molecule has 1 fully saturated rings. The number of nitrogens with zero attached hydrogens (tertiary/aromatic N) is 3. The fourth-order valence-corrected chi connectivity index (χ4v) is 4.30. The fraction of sp³-hybridized carbons (Fsp3) is 0.222. The Morgan fingerprint density at radius 2 is 2.25 bits per heavy atom. The number of hydrogen-bond acceptors (Lipinski definition) is 3. The van der Waals surface area contributed by atoms with Gasteiger partial charge in [0, 0.05) is 23.7 Å². The van der Waals surface area contributed by atoms with E-state index in [1.807, 2.05) is 39.8 Å². The van der Waals surface area contributed by atoms with E-state index in [2.05, 4.69) is 16.4 Å². The molecule has 0 aliphatic carbocycles. The number of imidazole rings is 1. The van der Waals surface area contributed by atoms with Gasteiger partial charge in [0.2, 0.25) is 5.91 Å². The van der Waals surface area contributed by atoms with Crippen LogP contribution in [-0.4, -0.2) is 26.7 Å². The summed E-state index contributed by atoms with van der Waals surface area (Å²) in [4.78, 5) is 20.2. The molecule has 1 aliphatic rings. The van der Waals surface area contributed by atoms with E-state index >= 15 is 0 Å². The number of thiophene rings is 1. The zero-order chi connectivity index (χ0) is 16.5. The first kappa shape index (κ1) is 15.4. The topological polar surface area (TPSA) is 37.6 Å². The molecule has 0 spiro atoms. The van der Waals surface area contributed by atoms with Gasteiger partial charge in [-0.25, -0.2) is 4.98 Å². The Morgan fingerprint density at radius 3 is 3.08 bits per heavy atom. The summed E-state index contributed by atoms with van der Waals surface area (Å²) >= 11 is 7.92. The van der Waals surface area contributed by atoms with E-state index in [9.17, 15) is 4.79 Å². The van der Waals surface area contributed by atoms with E-state index in [-0.39, 0.29) is 11.9 Å². The zero-order valence-corrected chi connectivity index (χ0v) is 14.5. The first-order valence-corrected chi connectivity index (χ1v) is 9.14. The fourth-order valence-electron chi connectivity index (χ4n) is 3.19. The Hall–Kier alpha value is -2.11. The van der Waals surface area contributed by atoms with Gasteiger partial charge in [-0.3, -0.25) is 9.20 Å². The third-order valence-electron chi connectivity index (χ3n) is 4.31. The van der Waals surface area contributed by atoms with E-state index in [0.717, 1.165) is 30.7 Å². The van der Waals surface area contributed by atoms with Gasteiger partial charge < -0.3 is 4.90 Å².